The third-order valence-electron chi connectivity index (χ3n) is 5.81. The zero-order valence-corrected chi connectivity index (χ0v) is 20.1. The Bertz CT molecular complexity index is 1220. The number of carbonyl (C=O) groups excluding carboxylic acids is 1. The second-order valence-corrected chi connectivity index (χ2v) is 7.77. The highest BCUT2D eigenvalue weighted by Crippen LogP contribution is 2.41. The average Bonchev–Trinajstić information content (AvgIpc) is 3.16. The maximum atomic E-state index is 12.9. The van der Waals surface area contributed by atoms with Crippen LogP contribution in [0.25, 0.3) is 10.9 Å². The van der Waals surface area contributed by atoms with Crippen molar-refractivity contribution in [3.63, 3.8) is 0 Å². The minimum absolute atomic E-state index is 0.0961. The lowest BCUT2D eigenvalue weighted by Gasteiger charge is -2.27. The van der Waals surface area contributed by atoms with Crippen molar-refractivity contribution in [3.8, 4) is 28.9 Å². The van der Waals surface area contributed by atoms with Crippen LogP contribution in [0.15, 0.2) is 40.6 Å². The predicted molar refractivity (Wildman–Crippen MR) is 127 cm³/mol. The molecule has 1 N–H and O–H groups in total. The standard InChI is InChI=1S/C24H28N4O7/c1-31-16-5-6-18-17(13-16)21(24(30)28(18)14-27-7-9-35-10-8-27)25-26-23(29)15-11-19(32-2)22(34-4)20(12-15)33-3/h5-6,11-13,30H,7-10,14H2,1-4H3. The third-order valence-corrected chi connectivity index (χ3v) is 5.81. The number of carbonyl (C=O) groups is 1. The van der Waals surface area contributed by atoms with Gasteiger partial charge < -0.3 is 28.8 Å². The van der Waals surface area contributed by atoms with Crippen molar-refractivity contribution in [2.45, 2.75) is 6.67 Å². The molecule has 0 radical (unpaired) electrons. The number of hydrogen-bond donors (Lipinski definition) is 1. The zero-order valence-electron chi connectivity index (χ0n) is 20.1. The van der Waals surface area contributed by atoms with E-state index in [1.165, 1.54) is 33.5 Å². The molecule has 1 saturated heterocycles. The Hall–Kier alpha value is -3.83. The summed E-state index contributed by atoms with van der Waals surface area (Å²) >= 11 is 0. The van der Waals surface area contributed by atoms with Gasteiger partial charge in [0.15, 0.2) is 17.2 Å². The van der Waals surface area contributed by atoms with Crippen molar-refractivity contribution >= 4 is 22.5 Å². The Labute approximate surface area is 202 Å². The van der Waals surface area contributed by atoms with E-state index in [-0.39, 0.29) is 17.1 Å². The first-order chi connectivity index (χ1) is 17.0. The molecule has 2 aromatic carbocycles. The van der Waals surface area contributed by atoms with Crippen LogP contribution < -0.4 is 18.9 Å². The molecule has 1 aliphatic rings. The topological polar surface area (TPSA) is 116 Å². The molecule has 1 aromatic heterocycles. The molecule has 35 heavy (non-hydrogen) atoms. The van der Waals surface area contributed by atoms with E-state index in [1.807, 2.05) is 6.07 Å². The number of aromatic hydroxyl groups is 1. The number of morpholine rings is 1. The summed E-state index contributed by atoms with van der Waals surface area (Å²) in [5.41, 5.74) is 1.11. The summed E-state index contributed by atoms with van der Waals surface area (Å²) in [6.07, 6.45) is 0. The predicted octanol–water partition coefficient (Wildman–Crippen LogP) is 3.60. The first kappa shape index (κ1) is 24.3. The lowest BCUT2D eigenvalue weighted by atomic mass is 10.1. The Morgan fingerprint density at radius 2 is 1.69 bits per heavy atom. The molecular weight excluding hydrogens is 456 g/mol. The van der Waals surface area contributed by atoms with E-state index in [4.69, 9.17) is 23.7 Å². The van der Waals surface area contributed by atoms with Crippen molar-refractivity contribution < 1.29 is 33.6 Å². The van der Waals surface area contributed by atoms with Gasteiger partial charge in [0, 0.05) is 18.5 Å². The minimum Gasteiger partial charge on any atom is -0.497 e. The highest BCUT2D eigenvalue weighted by Gasteiger charge is 2.22. The van der Waals surface area contributed by atoms with Crippen molar-refractivity contribution in [3.05, 3.63) is 35.9 Å². The van der Waals surface area contributed by atoms with E-state index < -0.39 is 5.91 Å². The van der Waals surface area contributed by atoms with E-state index in [0.29, 0.717) is 48.3 Å². The molecule has 186 valence electrons. The van der Waals surface area contributed by atoms with Gasteiger partial charge in [-0.15, -0.1) is 10.2 Å². The van der Waals surface area contributed by atoms with Crippen LogP contribution in [0, 0.1) is 0 Å². The fraction of sp³-hybridized carbons (Fsp3) is 0.375. The zero-order chi connectivity index (χ0) is 24.9. The largest absolute Gasteiger partial charge is 0.497 e. The number of aromatic nitrogens is 1. The molecule has 1 aliphatic heterocycles. The van der Waals surface area contributed by atoms with Gasteiger partial charge in [-0.05, 0) is 30.3 Å². The maximum Gasteiger partial charge on any atom is 0.295 e. The van der Waals surface area contributed by atoms with Crippen LogP contribution in [-0.2, 0) is 11.4 Å². The molecule has 1 fully saturated rings. The first-order valence-electron chi connectivity index (χ1n) is 11.0. The molecule has 1 amide bonds. The third kappa shape index (κ3) is 4.86. The van der Waals surface area contributed by atoms with Gasteiger partial charge in [0.25, 0.3) is 5.91 Å². The van der Waals surface area contributed by atoms with Crippen LogP contribution >= 0.6 is 0 Å². The van der Waals surface area contributed by atoms with Gasteiger partial charge in [0.1, 0.15) is 5.75 Å². The Morgan fingerprint density at radius 3 is 2.29 bits per heavy atom. The number of amides is 1. The highest BCUT2D eigenvalue weighted by molar-refractivity contribution is 5.98. The molecule has 0 saturated carbocycles. The van der Waals surface area contributed by atoms with E-state index in [0.717, 1.165) is 18.6 Å². The summed E-state index contributed by atoms with van der Waals surface area (Å²) in [6, 6.07) is 8.39. The second kappa shape index (κ2) is 10.6. The van der Waals surface area contributed by atoms with Gasteiger partial charge >= 0.3 is 0 Å². The Morgan fingerprint density at radius 1 is 1.00 bits per heavy atom. The van der Waals surface area contributed by atoms with Gasteiger partial charge in [-0.25, -0.2) is 0 Å². The van der Waals surface area contributed by atoms with Crippen LogP contribution in [0.3, 0.4) is 0 Å². The van der Waals surface area contributed by atoms with Crippen LogP contribution in [0.2, 0.25) is 0 Å². The van der Waals surface area contributed by atoms with Crippen molar-refractivity contribution in [1.82, 2.24) is 9.47 Å². The van der Waals surface area contributed by atoms with Crippen LogP contribution in [0.1, 0.15) is 10.4 Å². The summed E-state index contributed by atoms with van der Waals surface area (Å²) < 4.78 is 28.4. The number of fused-ring (bicyclic) bond motifs is 1. The molecule has 0 spiro atoms. The minimum atomic E-state index is -0.638. The number of benzene rings is 2. The van der Waals surface area contributed by atoms with Crippen LogP contribution in [0.4, 0.5) is 5.69 Å². The van der Waals surface area contributed by atoms with Crippen molar-refractivity contribution in [2.24, 2.45) is 10.2 Å². The number of hydrogen-bond acceptors (Lipinski definition) is 9. The van der Waals surface area contributed by atoms with Gasteiger partial charge in [-0.2, -0.15) is 0 Å². The molecule has 0 unspecified atom stereocenters. The summed E-state index contributed by atoms with van der Waals surface area (Å²) in [7, 11) is 5.95. The second-order valence-electron chi connectivity index (χ2n) is 7.77. The fourth-order valence-electron chi connectivity index (χ4n) is 3.97. The van der Waals surface area contributed by atoms with Crippen LogP contribution in [0.5, 0.6) is 28.9 Å². The lowest BCUT2D eigenvalue weighted by Crippen LogP contribution is -2.37. The number of azo groups is 1. The fourth-order valence-corrected chi connectivity index (χ4v) is 3.97. The first-order valence-corrected chi connectivity index (χ1v) is 11.0. The summed E-state index contributed by atoms with van der Waals surface area (Å²) in [4.78, 5) is 15.1. The molecule has 0 aliphatic carbocycles. The highest BCUT2D eigenvalue weighted by atomic mass is 16.5. The SMILES string of the molecule is COc1ccc2c(c1)c(N=NC(=O)c1cc(OC)c(OC)c(OC)c1)c(O)n2CN1CCOCC1. The molecule has 0 bridgehead atoms. The van der Waals surface area contributed by atoms with E-state index in [1.54, 1.807) is 23.8 Å². The quantitative estimate of drug-likeness (QED) is 0.482. The molecule has 11 nitrogen and oxygen atoms in total. The number of rotatable bonds is 8. The van der Waals surface area contributed by atoms with Gasteiger partial charge in [0.2, 0.25) is 11.6 Å². The normalized spacial score (nSPS) is 14.4. The van der Waals surface area contributed by atoms with Crippen LogP contribution in [-0.4, -0.2) is 75.2 Å². The molecule has 3 aromatic rings. The lowest BCUT2D eigenvalue weighted by molar-refractivity contribution is 0.0231. The maximum absolute atomic E-state index is 12.9. The van der Waals surface area contributed by atoms with Crippen molar-refractivity contribution in [2.75, 3.05) is 54.7 Å². The summed E-state index contributed by atoms with van der Waals surface area (Å²) in [5.74, 6) is 0.856. The monoisotopic (exact) mass is 484 g/mol. The average molecular weight is 485 g/mol. The molecule has 2 heterocycles. The Kier molecular flexibility index (Phi) is 7.37. The van der Waals surface area contributed by atoms with E-state index in [2.05, 4.69) is 15.1 Å². The number of nitrogens with zero attached hydrogens (tertiary/aromatic N) is 4. The molecular formula is C24H28N4O7. The van der Waals surface area contributed by atoms with E-state index >= 15 is 0 Å². The van der Waals surface area contributed by atoms with Crippen molar-refractivity contribution in [1.29, 1.82) is 0 Å². The van der Waals surface area contributed by atoms with Gasteiger partial charge in [-0.1, -0.05) is 0 Å². The number of ether oxygens (including phenoxy) is 5. The molecule has 4 rings (SSSR count). The van der Waals surface area contributed by atoms with Gasteiger partial charge in [0.05, 0.1) is 59.4 Å². The Balaban J connectivity index is 1.72. The summed E-state index contributed by atoms with van der Waals surface area (Å²) in [5, 5.41) is 19.7. The van der Waals surface area contributed by atoms with E-state index in [9.17, 15) is 9.90 Å². The number of methoxy groups -OCH3 is 4. The smallest absolute Gasteiger partial charge is 0.295 e. The molecule has 11 heteroatoms. The van der Waals surface area contributed by atoms with Gasteiger partial charge in [-0.3, -0.25) is 14.3 Å². The summed E-state index contributed by atoms with van der Waals surface area (Å²) in [6.45, 7) is 3.18. The molecule has 0 atom stereocenters.